The SMILES string of the molecule is CCCOc1ccc(C(=O)Oc2ccc(N=Nc3ccc(C(=O)OCC)cc3)c(O)c2)cc1. The van der Waals surface area contributed by atoms with E-state index >= 15 is 0 Å². The zero-order valence-electron chi connectivity index (χ0n) is 18.4. The van der Waals surface area contributed by atoms with Gasteiger partial charge in [0.1, 0.15) is 22.9 Å². The number of hydrogen-bond donors (Lipinski definition) is 1. The van der Waals surface area contributed by atoms with Gasteiger partial charge in [-0.15, -0.1) is 5.11 Å². The molecule has 0 aliphatic carbocycles. The van der Waals surface area contributed by atoms with Gasteiger partial charge in [-0.25, -0.2) is 9.59 Å². The Morgan fingerprint density at radius 1 is 0.818 bits per heavy atom. The van der Waals surface area contributed by atoms with E-state index in [9.17, 15) is 14.7 Å². The van der Waals surface area contributed by atoms with E-state index in [1.807, 2.05) is 6.92 Å². The van der Waals surface area contributed by atoms with Crippen molar-refractivity contribution in [2.24, 2.45) is 10.2 Å². The van der Waals surface area contributed by atoms with Gasteiger partial charge < -0.3 is 19.3 Å². The van der Waals surface area contributed by atoms with E-state index in [-0.39, 0.29) is 17.2 Å². The molecule has 0 heterocycles. The van der Waals surface area contributed by atoms with Crippen molar-refractivity contribution in [1.82, 2.24) is 0 Å². The first kappa shape index (κ1) is 23.5. The summed E-state index contributed by atoms with van der Waals surface area (Å²) in [6.07, 6.45) is 0.893. The van der Waals surface area contributed by atoms with Crippen molar-refractivity contribution in [3.05, 3.63) is 77.9 Å². The Bertz CT molecular complexity index is 1120. The minimum absolute atomic E-state index is 0.168. The number of phenols is 1. The van der Waals surface area contributed by atoms with Crippen LogP contribution in [-0.4, -0.2) is 30.3 Å². The van der Waals surface area contributed by atoms with Gasteiger partial charge in [0.25, 0.3) is 0 Å². The Morgan fingerprint density at radius 2 is 1.45 bits per heavy atom. The molecule has 3 rings (SSSR count). The number of aromatic hydroxyl groups is 1. The Balaban J connectivity index is 1.62. The molecule has 0 saturated heterocycles. The summed E-state index contributed by atoms with van der Waals surface area (Å²) in [4.78, 5) is 24.0. The number of benzene rings is 3. The normalized spacial score (nSPS) is 10.7. The summed E-state index contributed by atoms with van der Waals surface area (Å²) in [7, 11) is 0. The Morgan fingerprint density at radius 3 is 2.09 bits per heavy atom. The lowest BCUT2D eigenvalue weighted by Crippen LogP contribution is -2.08. The molecule has 170 valence electrons. The summed E-state index contributed by atoms with van der Waals surface area (Å²) < 4.78 is 15.7. The van der Waals surface area contributed by atoms with Crippen LogP contribution in [0.2, 0.25) is 0 Å². The van der Waals surface area contributed by atoms with Crippen LogP contribution in [0.5, 0.6) is 17.2 Å². The summed E-state index contributed by atoms with van der Waals surface area (Å²) in [5.74, 6) is -0.328. The third-order valence-electron chi connectivity index (χ3n) is 4.37. The average Bonchev–Trinajstić information content (AvgIpc) is 2.83. The van der Waals surface area contributed by atoms with E-state index in [4.69, 9.17) is 14.2 Å². The maximum absolute atomic E-state index is 12.3. The topological polar surface area (TPSA) is 107 Å². The minimum Gasteiger partial charge on any atom is -0.505 e. The lowest BCUT2D eigenvalue weighted by atomic mass is 10.2. The Labute approximate surface area is 191 Å². The van der Waals surface area contributed by atoms with Crippen molar-refractivity contribution in [1.29, 1.82) is 0 Å². The molecule has 0 aliphatic heterocycles. The van der Waals surface area contributed by atoms with Crippen LogP contribution < -0.4 is 9.47 Å². The third kappa shape index (κ3) is 6.64. The highest BCUT2D eigenvalue weighted by atomic mass is 16.5. The number of nitrogens with zero attached hydrogens (tertiary/aromatic N) is 2. The molecule has 0 aliphatic rings. The number of ether oxygens (including phenoxy) is 3. The van der Waals surface area contributed by atoms with Crippen LogP contribution in [0.1, 0.15) is 41.0 Å². The molecule has 0 bridgehead atoms. The van der Waals surface area contributed by atoms with Crippen LogP contribution in [0.3, 0.4) is 0 Å². The van der Waals surface area contributed by atoms with Gasteiger partial charge in [0.15, 0.2) is 0 Å². The van der Waals surface area contributed by atoms with Crippen molar-refractivity contribution in [2.75, 3.05) is 13.2 Å². The van der Waals surface area contributed by atoms with Gasteiger partial charge in [0.2, 0.25) is 0 Å². The van der Waals surface area contributed by atoms with Gasteiger partial charge in [0, 0.05) is 6.07 Å². The molecule has 0 unspecified atom stereocenters. The number of azo groups is 1. The number of carbonyl (C=O) groups excluding carboxylic acids is 2. The summed E-state index contributed by atoms with van der Waals surface area (Å²) in [5, 5.41) is 18.3. The maximum atomic E-state index is 12.3. The van der Waals surface area contributed by atoms with Crippen LogP contribution >= 0.6 is 0 Å². The molecule has 0 radical (unpaired) electrons. The minimum atomic E-state index is -0.562. The smallest absolute Gasteiger partial charge is 0.343 e. The van der Waals surface area contributed by atoms with Crippen molar-refractivity contribution in [2.45, 2.75) is 20.3 Å². The van der Waals surface area contributed by atoms with Gasteiger partial charge >= 0.3 is 11.9 Å². The number of phenolic OH excluding ortho intramolecular Hbond substituents is 1. The zero-order chi connectivity index (χ0) is 23.6. The highest BCUT2D eigenvalue weighted by Crippen LogP contribution is 2.32. The highest BCUT2D eigenvalue weighted by molar-refractivity contribution is 5.91. The maximum Gasteiger partial charge on any atom is 0.343 e. The molecule has 0 spiro atoms. The second-order valence-corrected chi connectivity index (χ2v) is 6.88. The third-order valence-corrected chi connectivity index (χ3v) is 4.37. The lowest BCUT2D eigenvalue weighted by Gasteiger charge is -2.07. The lowest BCUT2D eigenvalue weighted by molar-refractivity contribution is 0.0526. The predicted molar refractivity (Wildman–Crippen MR) is 122 cm³/mol. The van der Waals surface area contributed by atoms with Crippen molar-refractivity contribution in [3.63, 3.8) is 0 Å². The monoisotopic (exact) mass is 448 g/mol. The molecule has 8 heteroatoms. The fourth-order valence-corrected chi connectivity index (χ4v) is 2.71. The van der Waals surface area contributed by atoms with Crippen molar-refractivity contribution in [3.8, 4) is 17.2 Å². The van der Waals surface area contributed by atoms with Gasteiger partial charge in [-0.05, 0) is 74.0 Å². The fraction of sp³-hybridized carbons (Fsp3) is 0.200. The Hall–Kier alpha value is -4.20. The van der Waals surface area contributed by atoms with Crippen LogP contribution in [-0.2, 0) is 4.74 Å². The highest BCUT2D eigenvalue weighted by Gasteiger charge is 2.11. The summed E-state index contributed by atoms with van der Waals surface area (Å²) >= 11 is 0. The van der Waals surface area contributed by atoms with Crippen LogP contribution in [0.15, 0.2) is 77.0 Å². The summed E-state index contributed by atoms with van der Waals surface area (Å²) in [6.45, 7) is 4.65. The molecule has 1 N–H and O–H groups in total. The van der Waals surface area contributed by atoms with E-state index in [1.54, 1.807) is 55.5 Å². The van der Waals surface area contributed by atoms with E-state index in [0.29, 0.717) is 35.8 Å². The first-order valence-corrected chi connectivity index (χ1v) is 10.5. The van der Waals surface area contributed by atoms with E-state index in [2.05, 4.69) is 10.2 Å². The fourth-order valence-electron chi connectivity index (χ4n) is 2.71. The molecule has 8 nitrogen and oxygen atoms in total. The molecule has 0 amide bonds. The van der Waals surface area contributed by atoms with E-state index < -0.39 is 11.9 Å². The number of rotatable bonds is 9. The predicted octanol–water partition coefficient (Wildman–Crippen LogP) is 5.99. The van der Waals surface area contributed by atoms with Crippen LogP contribution in [0, 0.1) is 0 Å². The standard InChI is InChI=1S/C25H24N2O6/c1-3-15-32-20-11-7-18(8-12-20)25(30)33-21-13-14-22(23(28)16-21)27-26-19-9-5-17(6-10-19)24(29)31-4-2/h5-14,16,28H,3-4,15H2,1-2H3. The molecule has 33 heavy (non-hydrogen) atoms. The van der Waals surface area contributed by atoms with Crippen molar-refractivity contribution < 1.29 is 28.9 Å². The van der Waals surface area contributed by atoms with E-state index in [0.717, 1.165) is 6.42 Å². The van der Waals surface area contributed by atoms with Gasteiger partial charge in [-0.1, -0.05) is 6.92 Å². The number of carbonyl (C=O) groups is 2. The Kier molecular flexibility index (Phi) is 8.13. The van der Waals surface area contributed by atoms with Gasteiger partial charge in [-0.2, -0.15) is 5.11 Å². The van der Waals surface area contributed by atoms with Gasteiger partial charge in [0.05, 0.1) is 30.0 Å². The molecular formula is C25H24N2O6. The molecule has 0 atom stereocenters. The second-order valence-electron chi connectivity index (χ2n) is 6.88. The largest absolute Gasteiger partial charge is 0.505 e. The van der Waals surface area contributed by atoms with Gasteiger partial charge in [-0.3, -0.25) is 0 Å². The second kappa shape index (κ2) is 11.4. The van der Waals surface area contributed by atoms with Crippen LogP contribution in [0.4, 0.5) is 11.4 Å². The molecular weight excluding hydrogens is 424 g/mol. The average molecular weight is 448 g/mol. The first-order valence-electron chi connectivity index (χ1n) is 10.5. The van der Waals surface area contributed by atoms with Crippen molar-refractivity contribution >= 4 is 23.3 Å². The van der Waals surface area contributed by atoms with Crippen LogP contribution in [0.25, 0.3) is 0 Å². The summed E-state index contributed by atoms with van der Waals surface area (Å²) in [6, 6.07) is 17.3. The molecule has 3 aromatic rings. The quantitative estimate of drug-likeness (QED) is 0.245. The molecule has 0 saturated carbocycles. The number of esters is 2. The first-order chi connectivity index (χ1) is 16.0. The molecule has 0 fully saturated rings. The van der Waals surface area contributed by atoms with E-state index in [1.165, 1.54) is 18.2 Å². The molecule has 3 aromatic carbocycles. The molecule has 0 aromatic heterocycles. The zero-order valence-corrected chi connectivity index (χ0v) is 18.4. The number of hydrogen-bond acceptors (Lipinski definition) is 8. The summed E-state index contributed by atoms with van der Waals surface area (Å²) in [5.41, 5.74) is 1.45.